The van der Waals surface area contributed by atoms with E-state index in [1.54, 1.807) is 29.1 Å². The Balaban J connectivity index is 2.17. The second-order valence-corrected chi connectivity index (χ2v) is 5.71. The topological polar surface area (TPSA) is 85.6 Å². The lowest BCUT2D eigenvalue weighted by Gasteiger charge is -2.09. The van der Waals surface area contributed by atoms with Crippen molar-refractivity contribution in [3.8, 4) is 17.2 Å². The number of hydrogen-bond donors (Lipinski definition) is 1. The van der Waals surface area contributed by atoms with Crippen molar-refractivity contribution in [1.29, 1.82) is 0 Å². The zero-order valence-corrected chi connectivity index (χ0v) is 14.2. The Hall–Kier alpha value is -2.80. The van der Waals surface area contributed by atoms with E-state index in [-0.39, 0.29) is 5.91 Å². The molecule has 0 aliphatic heterocycles. The Morgan fingerprint density at radius 1 is 1.21 bits per heavy atom. The molecule has 1 amide bonds. The Labute approximate surface area is 143 Å². The number of aryl methyl sites for hydroxylation is 2. The molecule has 3 rings (SSSR count). The van der Waals surface area contributed by atoms with Gasteiger partial charge in [-0.3, -0.25) is 4.79 Å². The molecule has 0 saturated carbocycles. The van der Waals surface area contributed by atoms with Gasteiger partial charge in [0.15, 0.2) is 0 Å². The highest BCUT2D eigenvalue weighted by molar-refractivity contribution is 6.29. The average molecular weight is 343 g/mol. The third-order valence-corrected chi connectivity index (χ3v) is 3.45. The van der Waals surface area contributed by atoms with Gasteiger partial charge in [-0.1, -0.05) is 11.6 Å². The maximum atomic E-state index is 11.4. The van der Waals surface area contributed by atoms with Gasteiger partial charge < -0.3 is 5.32 Å². The van der Waals surface area contributed by atoms with Gasteiger partial charge in [0.1, 0.15) is 11.0 Å². The number of anilines is 1. The lowest BCUT2D eigenvalue weighted by molar-refractivity contribution is -0.114. The molecular weight excluding hydrogens is 328 g/mol. The van der Waals surface area contributed by atoms with Crippen molar-refractivity contribution in [2.24, 2.45) is 0 Å². The zero-order chi connectivity index (χ0) is 17.3. The summed E-state index contributed by atoms with van der Waals surface area (Å²) in [5.41, 5.74) is 3.13. The Morgan fingerprint density at radius 2 is 2.00 bits per heavy atom. The predicted molar refractivity (Wildman–Crippen MR) is 91.2 cm³/mol. The molecule has 0 aliphatic carbocycles. The molecule has 1 N–H and O–H groups in total. The van der Waals surface area contributed by atoms with Crippen LogP contribution in [0.3, 0.4) is 0 Å². The molecule has 24 heavy (non-hydrogen) atoms. The van der Waals surface area contributed by atoms with Crippen LogP contribution in [0.1, 0.15) is 18.3 Å². The summed E-state index contributed by atoms with van der Waals surface area (Å²) in [6.07, 6.45) is 1.60. The van der Waals surface area contributed by atoms with E-state index < -0.39 is 0 Å². The molecule has 0 aliphatic rings. The smallest absolute Gasteiger partial charge is 0.253 e. The van der Waals surface area contributed by atoms with Crippen LogP contribution in [0.4, 0.5) is 5.82 Å². The highest BCUT2D eigenvalue weighted by Gasteiger charge is 2.12. The first-order chi connectivity index (χ1) is 11.4. The molecule has 0 atom stereocenters. The Morgan fingerprint density at radius 3 is 2.62 bits per heavy atom. The van der Waals surface area contributed by atoms with Crippen molar-refractivity contribution in [3.05, 3.63) is 47.0 Å². The number of nitrogens with one attached hydrogen (secondary N) is 1. The average Bonchev–Trinajstić information content (AvgIpc) is 2.85. The molecule has 0 radical (unpaired) electrons. The molecule has 0 spiro atoms. The van der Waals surface area contributed by atoms with Crippen molar-refractivity contribution in [2.45, 2.75) is 20.8 Å². The maximum Gasteiger partial charge on any atom is 0.253 e. The van der Waals surface area contributed by atoms with Gasteiger partial charge in [0, 0.05) is 30.4 Å². The van der Waals surface area contributed by atoms with Crippen LogP contribution in [0.5, 0.6) is 0 Å². The number of nitrogens with zero attached hydrogens (tertiary/aromatic N) is 5. The lowest BCUT2D eigenvalue weighted by Crippen LogP contribution is -2.12. The molecule has 0 unspecified atom stereocenters. The maximum absolute atomic E-state index is 11.4. The number of carbonyl (C=O) groups is 1. The molecule has 122 valence electrons. The van der Waals surface area contributed by atoms with Crippen LogP contribution in [-0.2, 0) is 4.79 Å². The molecule has 0 fully saturated rings. The van der Waals surface area contributed by atoms with E-state index in [1.165, 1.54) is 6.92 Å². The van der Waals surface area contributed by atoms with Gasteiger partial charge in [0.25, 0.3) is 5.95 Å². The van der Waals surface area contributed by atoms with E-state index in [2.05, 4.69) is 25.4 Å². The lowest BCUT2D eigenvalue weighted by atomic mass is 10.2. The third-order valence-electron chi connectivity index (χ3n) is 3.24. The number of hydrogen-bond acceptors (Lipinski definition) is 5. The van der Waals surface area contributed by atoms with Crippen LogP contribution in [0.2, 0.25) is 5.15 Å². The molecule has 7 nitrogen and oxygen atoms in total. The normalized spacial score (nSPS) is 10.7. The summed E-state index contributed by atoms with van der Waals surface area (Å²) in [5.74, 6) is 0.546. The summed E-state index contributed by atoms with van der Waals surface area (Å²) in [4.78, 5) is 24.3. The summed E-state index contributed by atoms with van der Waals surface area (Å²) in [7, 11) is 0. The zero-order valence-electron chi connectivity index (χ0n) is 13.4. The van der Waals surface area contributed by atoms with Crippen LogP contribution < -0.4 is 5.32 Å². The molecule has 0 aromatic carbocycles. The molecule has 3 aromatic rings. The number of halogens is 1. The van der Waals surface area contributed by atoms with Crippen LogP contribution in [0.15, 0.2) is 30.5 Å². The minimum absolute atomic E-state index is 0.216. The second kappa shape index (κ2) is 6.37. The monoisotopic (exact) mass is 342 g/mol. The number of pyridine rings is 1. The van der Waals surface area contributed by atoms with Gasteiger partial charge >= 0.3 is 0 Å². The van der Waals surface area contributed by atoms with E-state index in [1.807, 2.05) is 19.9 Å². The van der Waals surface area contributed by atoms with Crippen LogP contribution >= 0.6 is 11.6 Å². The van der Waals surface area contributed by atoms with Crippen molar-refractivity contribution >= 4 is 23.3 Å². The summed E-state index contributed by atoms with van der Waals surface area (Å²) in [6.45, 7) is 5.23. The van der Waals surface area contributed by atoms with Gasteiger partial charge in [-0.25, -0.2) is 14.6 Å². The van der Waals surface area contributed by atoms with Gasteiger partial charge in [0.2, 0.25) is 5.91 Å². The van der Waals surface area contributed by atoms with Crippen molar-refractivity contribution in [1.82, 2.24) is 24.7 Å². The largest absolute Gasteiger partial charge is 0.311 e. The standard InChI is InChI=1S/C16H15ClN6O/c1-9-6-10(2)23(22-9)16-20-13(8-15(21-16)19-11(3)24)12-4-5-18-14(17)7-12/h4-8H,1-3H3,(H,19,20,21,24). The highest BCUT2D eigenvalue weighted by Crippen LogP contribution is 2.23. The van der Waals surface area contributed by atoms with Gasteiger partial charge in [0.05, 0.1) is 11.4 Å². The predicted octanol–water partition coefficient (Wildman–Crippen LogP) is 2.95. The fraction of sp³-hybridized carbons (Fsp3) is 0.188. The van der Waals surface area contributed by atoms with E-state index in [0.29, 0.717) is 22.6 Å². The van der Waals surface area contributed by atoms with Gasteiger partial charge in [-0.15, -0.1) is 0 Å². The van der Waals surface area contributed by atoms with Gasteiger partial charge in [-0.05, 0) is 32.0 Å². The van der Waals surface area contributed by atoms with E-state index in [0.717, 1.165) is 17.0 Å². The van der Waals surface area contributed by atoms with Crippen molar-refractivity contribution < 1.29 is 4.79 Å². The fourth-order valence-electron chi connectivity index (χ4n) is 2.31. The summed E-state index contributed by atoms with van der Waals surface area (Å²) in [6, 6.07) is 7.10. The molecular formula is C16H15ClN6O. The van der Waals surface area contributed by atoms with Crippen LogP contribution in [0, 0.1) is 13.8 Å². The summed E-state index contributed by atoms with van der Waals surface area (Å²) >= 11 is 5.96. The quantitative estimate of drug-likeness (QED) is 0.739. The SMILES string of the molecule is CC(=O)Nc1cc(-c2ccnc(Cl)c2)nc(-n2nc(C)cc2C)n1. The van der Waals surface area contributed by atoms with Gasteiger partial charge in [-0.2, -0.15) is 10.1 Å². The molecule has 3 heterocycles. The van der Waals surface area contributed by atoms with E-state index in [4.69, 9.17) is 11.6 Å². The van der Waals surface area contributed by atoms with Crippen LogP contribution in [0.25, 0.3) is 17.2 Å². The number of amides is 1. The highest BCUT2D eigenvalue weighted by atomic mass is 35.5. The number of carbonyl (C=O) groups excluding carboxylic acids is 1. The first kappa shape index (κ1) is 16.1. The molecule has 3 aromatic heterocycles. The second-order valence-electron chi connectivity index (χ2n) is 5.33. The minimum Gasteiger partial charge on any atom is -0.311 e. The minimum atomic E-state index is -0.216. The number of aromatic nitrogens is 5. The Kier molecular flexibility index (Phi) is 4.26. The summed E-state index contributed by atoms with van der Waals surface area (Å²) < 4.78 is 1.63. The first-order valence-electron chi connectivity index (χ1n) is 7.24. The van der Waals surface area contributed by atoms with E-state index >= 15 is 0 Å². The Bertz CT molecular complexity index is 921. The third kappa shape index (κ3) is 3.41. The molecule has 8 heteroatoms. The first-order valence-corrected chi connectivity index (χ1v) is 7.62. The van der Waals surface area contributed by atoms with Crippen LogP contribution in [-0.4, -0.2) is 30.6 Å². The van der Waals surface area contributed by atoms with Crippen molar-refractivity contribution in [2.75, 3.05) is 5.32 Å². The number of rotatable bonds is 3. The van der Waals surface area contributed by atoms with E-state index in [9.17, 15) is 4.79 Å². The molecule has 0 saturated heterocycles. The molecule has 0 bridgehead atoms. The summed E-state index contributed by atoms with van der Waals surface area (Å²) in [5, 5.41) is 7.44. The fourth-order valence-corrected chi connectivity index (χ4v) is 2.49. The van der Waals surface area contributed by atoms with Crippen molar-refractivity contribution in [3.63, 3.8) is 0 Å².